The van der Waals surface area contributed by atoms with Crippen molar-refractivity contribution in [3.8, 4) is 0 Å². The van der Waals surface area contributed by atoms with Crippen molar-refractivity contribution in [2.75, 3.05) is 25.0 Å². The third kappa shape index (κ3) is 5.81. The van der Waals surface area contributed by atoms with E-state index in [2.05, 4.69) is 23.5 Å². The van der Waals surface area contributed by atoms with Crippen LogP contribution in [-0.2, 0) is 6.42 Å². The average Bonchev–Trinajstić information content (AvgIpc) is 2.81. The van der Waals surface area contributed by atoms with Crippen LogP contribution < -0.4 is 5.32 Å². The molecular formula is C27H31ClN2O2. The lowest BCUT2D eigenvalue weighted by Gasteiger charge is -2.38. The van der Waals surface area contributed by atoms with Crippen LogP contribution in [0.2, 0.25) is 0 Å². The second kappa shape index (κ2) is 10.4. The lowest BCUT2D eigenvalue weighted by atomic mass is 9.85. The van der Waals surface area contributed by atoms with E-state index in [9.17, 15) is 9.90 Å². The highest BCUT2D eigenvalue weighted by Crippen LogP contribution is 2.27. The molecule has 5 heteroatoms. The molecule has 1 amide bonds. The van der Waals surface area contributed by atoms with Gasteiger partial charge in [-0.2, -0.15) is 0 Å². The molecule has 2 aromatic carbocycles. The highest BCUT2D eigenvalue weighted by molar-refractivity contribution is 6.22. The van der Waals surface area contributed by atoms with Crippen molar-refractivity contribution in [3.05, 3.63) is 89.5 Å². The number of aliphatic hydroxyl groups is 1. The molecule has 1 unspecified atom stereocenters. The van der Waals surface area contributed by atoms with Crippen molar-refractivity contribution in [1.82, 2.24) is 4.90 Å². The van der Waals surface area contributed by atoms with Crippen LogP contribution in [-0.4, -0.2) is 46.5 Å². The minimum atomic E-state index is -0.739. The second-order valence-electron chi connectivity index (χ2n) is 8.81. The fourth-order valence-electron chi connectivity index (χ4n) is 4.43. The Morgan fingerprint density at radius 3 is 2.50 bits per heavy atom. The lowest BCUT2D eigenvalue weighted by Crippen LogP contribution is -2.47. The summed E-state index contributed by atoms with van der Waals surface area (Å²) in [4.78, 5) is 14.8. The molecule has 0 spiro atoms. The van der Waals surface area contributed by atoms with Gasteiger partial charge in [-0.15, -0.1) is 11.6 Å². The highest BCUT2D eigenvalue weighted by atomic mass is 35.5. The molecule has 1 heterocycles. The number of amides is 1. The molecule has 2 N–H and O–H groups in total. The van der Waals surface area contributed by atoms with Crippen LogP contribution in [0.5, 0.6) is 0 Å². The van der Waals surface area contributed by atoms with E-state index in [0.717, 1.165) is 30.6 Å². The van der Waals surface area contributed by atoms with Crippen LogP contribution in [0.3, 0.4) is 0 Å². The van der Waals surface area contributed by atoms with E-state index in [1.807, 2.05) is 59.5 Å². The zero-order chi connectivity index (χ0) is 22.4. The molecule has 2 aromatic rings. The molecule has 2 aliphatic rings. The van der Waals surface area contributed by atoms with Gasteiger partial charge in [0.2, 0.25) is 0 Å². The van der Waals surface area contributed by atoms with E-state index in [1.165, 1.54) is 5.57 Å². The number of anilines is 1. The van der Waals surface area contributed by atoms with Gasteiger partial charge in [0.05, 0.1) is 11.0 Å². The number of carbonyl (C=O) groups excluding carboxylic acids is 1. The van der Waals surface area contributed by atoms with Gasteiger partial charge < -0.3 is 15.3 Å². The summed E-state index contributed by atoms with van der Waals surface area (Å²) in [6, 6.07) is 17.7. The Balaban J connectivity index is 1.26. The summed E-state index contributed by atoms with van der Waals surface area (Å²) in [7, 11) is 0. The van der Waals surface area contributed by atoms with Crippen molar-refractivity contribution in [2.45, 2.75) is 43.1 Å². The van der Waals surface area contributed by atoms with Crippen LogP contribution in [0, 0.1) is 0 Å². The molecule has 168 valence electrons. The molecule has 4 rings (SSSR count). The van der Waals surface area contributed by atoms with Gasteiger partial charge in [-0.1, -0.05) is 54.1 Å². The fourth-order valence-corrected chi connectivity index (χ4v) is 4.71. The number of piperidine rings is 1. The quantitative estimate of drug-likeness (QED) is 0.570. The number of likely N-dealkylation sites (tertiary alicyclic amines) is 1. The average molecular weight is 451 g/mol. The number of hydrogen-bond donors (Lipinski definition) is 2. The number of carbonyl (C=O) groups is 1. The van der Waals surface area contributed by atoms with Crippen molar-refractivity contribution < 1.29 is 9.90 Å². The predicted molar refractivity (Wildman–Crippen MR) is 131 cm³/mol. The number of nitrogens with one attached hydrogen (secondary N) is 1. The first-order valence-corrected chi connectivity index (χ1v) is 11.9. The summed E-state index contributed by atoms with van der Waals surface area (Å²) in [5.74, 6) is 0.0300. The molecule has 0 bridgehead atoms. The molecule has 1 fully saturated rings. The Morgan fingerprint density at radius 1 is 1.09 bits per heavy atom. The van der Waals surface area contributed by atoms with Crippen LogP contribution in [0.15, 0.2) is 78.4 Å². The number of alkyl halides is 1. The maximum absolute atomic E-state index is 12.9. The molecule has 4 nitrogen and oxygen atoms in total. The Bertz CT molecular complexity index is 961. The van der Waals surface area contributed by atoms with E-state index < -0.39 is 5.60 Å². The number of allylic oxidation sites excluding steroid dienone is 3. The zero-order valence-corrected chi connectivity index (χ0v) is 19.1. The monoisotopic (exact) mass is 450 g/mol. The summed E-state index contributed by atoms with van der Waals surface area (Å²) in [6.45, 7) is 1.96. The summed E-state index contributed by atoms with van der Waals surface area (Å²) in [6.07, 6.45) is 9.88. The van der Waals surface area contributed by atoms with Crippen molar-refractivity contribution >= 4 is 23.2 Å². The molecule has 1 saturated heterocycles. The van der Waals surface area contributed by atoms with Gasteiger partial charge in [0, 0.05) is 37.3 Å². The standard InChI is InChI=1S/C27H31ClN2O2/c28-25-9-5-4-8-22(25)14-17-29-24-12-10-23(11-13-24)26(31)30-18-15-27(32,16-19-30)20-21-6-2-1-3-7-21/h1-8,10-13,25,29,32H,9,14-20H2. The number of benzene rings is 2. The highest BCUT2D eigenvalue weighted by Gasteiger charge is 2.34. The van der Waals surface area contributed by atoms with Crippen molar-refractivity contribution in [3.63, 3.8) is 0 Å². The lowest BCUT2D eigenvalue weighted by molar-refractivity contribution is -0.0162. The molecule has 1 atom stereocenters. The molecule has 1 aliphatic heterocycles. The van der Waals surface area contributed by atoms with E-state index in [0.29, 0.717) is 37.9 Å². The van der Waals surface area contributed by atoms with Gasteiger partial charge in [0.1, 0.15) is 0 Å². The Morgan fingerprint density at radius 2 is 1.81 bits per heavy atom. The Labute approximate surface area is 195 Å². The summed E-state index contributed by atoms with van der Waals surface area (Å²) in [5, 5.41) is 14.5. The van der Waals surface area contributed by atoms with Gasteiger partial charge in [-0.3, -0.25) is 4.79 Å². The summed E-state index contributed by atoms with van der Waals surface area (Å²) in [5.41, 5.74) is 3.33. The number of hydrogen-bond acceptors (Lipinski definition) is 3. The first-order chi connectivity index (χ1) is 15.5. The third-order valence-corrected chi connectivity index (χ3v) is 6.88. The van der Waals surface area contributed by atoms with Crippen LogP contribution in [0.1, 0.15) is 41.6 Å². The van der Waals surface area contributed by atoms with Crippen LogP contribution in [0.25, 0.3) is 0 Å². The van der Waals surface area contributed by atoms with Gasteiger partial charge in [0.25, 0.3) is 5.91 Å². The van der Waals surface area contributed by atoms with E-state index >= 15 is 0 Å². The van der Waals surface area contributed by atoms with Crippen LogP contribution >= 0.6 is 11.6 Å². The summed E-state index contributed by atoms with van der Waals surface area (Å²) < 4.78 is 0. The van der Waals surface area contributed by atoms with E-state index in [-0.39, 0.29) is 11.3 Å². The molecular weight excluding hydrogens is 420 g/mol. The number of rotatable bonds is 7. The van der Waals surface area contributed by atoms with Gasteiger partial charge in [-0.25, -0.2) is 0 Å². The molecule has 0 radical (unpaired) electrons. The van der Waals surface area contributed by atoms with E-state index in [4.69, 9.17) is 11.6 Å². The second-order valence-corrected chi connectivity index (χ2v) is 9.33. The third-order valence-electron chi connectivity index (χ3n) is 6.42. The Kier molecular flexibility index (Phi) is 7.33. The molecule has 1 aliphatic carbocycles. The first-order valence-electron chi connectivity index (χ1n) is 11.4. The Hall–Kier alpha value is -2.56. The van der Waals surface area contributed by atoms with Gasteiger partial charge in [0.15, 0.2) is 0 Å². The number of halogens is 1. The minimum Gasteiger partial charge on any atom is -0.389 e. The van der Waals surface area contributed by atoms with Gasteiger partial charge >= 0.3 is 0 Å². The van der Waals surface area contributed by atoms with Crippen LogP contribution in [0.4, 0.5) is 5.69 Å². The maximum Gasteiger partial charge on any atom is 0.253 e. The molecule has 0 saturated carbocycles. The topological polar surface area (TPSA) is 52.6 Å². The molecule has 0 aromatic heterocycles. The van der Waals surface area contributed by atoms with E-state index in [1.54, 1.807) is 0 Å². The first kappa shape index (κ1) is 22.6. The van der Waals surface area contributed by atoms with Crippen molar-refractivity contribution in [2.24, 2.45) is 0 Å². The zero-order valence-electron chi connectivity index (χ0n) is 18.3. The van der Waals surface area contributed by atoms with Gasteiger partial charge in [-0.05, 0) is 55.5 Å². The predicted octanol–water partition coefficient (Wildman–Crippen LogP) is 5.19. The molecule has 32 heavy (non-hydrogen) atoms. The van der Waals surface area contributed by atoms with Crippen molar-refractivity contribution in [1.29, 1.82) is 0 Å². The maximum atomic E-state index is 12.9. The fraction of sp³-hybridized carbons (Fsp3) is 0.370. The largest absolute Gasteiger partial charge is 0.389 e. The smallest absolute Gasteiger partial charge is 0.253 e. The SMILES string of the molecule is O=C(c1ccc(NCCC2=CC=CCC2Cl)cc1)N1CCC(O)(Cc2ccccc2)CC1. The minimum absolute atomic E-state index is 0.0300. The number of nitrogens with zero attached hydrogens (tertiary/aromatic N) is 1. The summed E-state index contributed by atoms with van der Waals surface area (Å²) >= 11 is 6.35. The normalized spacial score (nSPS) is 20.0.